The summed E-state index contributed by atoms with van der Waals surface area (Å²) in [7, 11) is 2.13. The van der Waals surface area contributed by atoms with E-state index in [2.05, 4.69) is 11.9 Å². The van der Waals surface area contributed by atoms with E-state index in [9.17, 15) is 0 Å². The van der Waals surface area contributed by atoms with Gasteiger partial charge < -0.3 is 20.1 Å². The van der Waals surface area contributed by atoms with Gasteiger partial charge in [-0.15, -0.1) is 0 Å². The van der Waals surface area contributed by atoms with Crippen LogP contribution in [-0.4, -0.2) is 56.5 Å². The van der Waals surface area contributed by atoms with E-state index in [-0.39, 0.29) is 12.1 Å². The molecule has 0 aromatic heterocycles. The molecule has 0 radical (unpaired) electrons. The summed E-state index contributed by atoms with van der Waals surface area (Å²) in [5.41, 5.74) is 6.20. The van der Waals surface area contributed by atoms with Gasteiger partial charge in [-0.1, -0.05) is 0 Å². The summed E-state index contributed by atoms with van der Waals surface area (Å²) < 4.78 is 11.4. The number of nitrogens with two attached hydrogens (primary N) is 1. The number of ether oxygens (including phenoxy) is 2. The molecule has 2 saturated heterocycles. The Morgan fingerprint density at radius 2 is 2.24 bits per heavy atom. The molecule has 17 heavy (non-hydrogen) atoms. The predicted molar refractivity (Wildman–Crippen MR) is 68.0 cm³/mol. The fourth-order valence-corrected chi connectivity index (χ4v) is 2.71. The average Bonchev–Trinajstić information content (AvgIpc) is 2.82. The zero-order valence-electron chi connectivity index (χ0n) is 10.9. The van der Waals surface area contributed by atoms with Gasteiger partial charge >= 0.3 is 0 Å². The number of nitrogens with zero attached hydrogens (tertiary/aromatic N) is 1. The molecule has 0 aromatic carbocycles. The SMILES string of the molecule is CN1CCOC(C(N)CCCC2CCCO2)C1. The summed E-state index contributed by atoms with van der Waals surface area (Å²) in [4.78, 5) is 2.30. The minimum Gasteiger partial charge on any atom is -0.378 e. The van der Waals surface area contributed by atoms with Gasteiger partial charge in [0.1, 0.15) is 0 Å². The molecule has 100 valence electrons. The Balaban J connectivity index is 1.60. The maximum Gasteiger partial charge on any atom is 0.0853 e. The standard InChI is InChI=1S/C13H26N2O2/c1-15-7-9-17-13(10-15)12(14)6-2-4-11-5-3-8-16-11/h11-13H,2-10,14H2,1H3. The summed E-state index contributed by atoms with van der Waals surface area (Å²) in [6.07, 6.45) is 6.56. The highest BCUT2D eigenvalue weighted by Crippen LogP contribution is 2.19. The van der Waals surface area contributed by atoms with Crippen LogP contribution in [0.15, 0.2) is 0 Å². The van der Waals surface area contributed by atoms with E-state index in [1.807, 2.05) is 0 Å². The second-order valence-electron chi connectivity index (χ2n) is 5.40. The van der Waals surface area contributed by atoms with Crippen molar-refractivity contribution in [1.29, 1.82) is 0 Å². The van der Waals surface area contributed by atoms with Crippen LogP contribution in [-0.2, 0) is 9.47 Å². The minimum atomic E-state index is 0.180. The molecule has 3 unspecified atom stereocenters. The molecular weight excluding hydrogens is 216 g/mol. The quantitative estimate of drug-likeness (QED) is 0.781. The van der Waals surface area contributed by atoms with Crippen molar-refractivity contribution < 1.29 is 9.47 Å². The van der Waals surface area contributed by atoms with E-state index in [1.165, 1.54) is 12.8 Å². The van der Waals surface area contributed by atoms with Crippen LogP contribution < -0.4 is 5.73 Å². The molecular formula is C13H26N2O2. The fourth-order valence-electron chi connectivity index (χ4n) is 2.71. The summed E-state index contributed by atoms with van der Waals surface area (Å²) in [6.45, 7) is 3.77. The number of likely N-dealkylation sites (N-methyl/N-ethyl adjacent to an activating group) is 1. The summed E-state index contributed by atoms with van der Waals surface area (Å²) in [6, 6.07) is 0.180. The monoisotopic (exact) mass is 242 g/mol. The van der Waals surface area contributed by atoms with E-state index in [0.29, 0.717) is 6.10 Å². The van der Waals surface area contributed by atoms with Crippen molar-refractivity contribution in [3.05, 3.63) is 0 Å². The topological polar surface area (TPSA) is 47.7 Å². The average molecular weight is 242 g/mol. The smallest absolute Gasteiger partial charge is 0.0853 e. The molecule has 2 aliphatic heterocycles. The van der Waals surface area contributed by atoms with Crippen LogP contribution in [0.3, 0.4) is 0 Å². The molecule has 0 saturated carbocycles. The van der Waals surface area contributed by atoms with E-state index in [0.717, 1.165) is 45.6 Å². The minimum absolute atomic E-state index is 0.180. The zero-order valence-corrected chi connectivity index (χ0v) is 10.9. The largest absolute Gasteiger partial charge is 0.378 e. The van der Waals surface area contributed by atoms with Crippen LogP contribution in [0.4, 0.5) is 0 Å². The Hall–Kier alpha value is -0.160. The van der Waals surface area contributed by atoms with Gasteiger partial charge in [-0.2, -0.15) is 0 Å². The Kier molecular flexibility index (Phi) is 5.22. The Morgan fingerprint density at radius 3 is 2.94 bits per heavy atom. The lowest BCUT2D eigenvalue weighted by molar-refractivity contribution is -0.0339. The molecule has 4 heteroatoms. The molecule has 0 spiro atoms. The fraction of sp³-hybridized carbons (Fsp3) is 1.00. The highest BCUT2D eigenvalue weighted by Gasteiger charge is 2.24. The third kappa shape index (κ3) is 4.21. The van der Waals surface area contributed by atoms with Gasteiger partial charge in [-0.05, 0) is 39.2 Å². The predicted octanol–water partition coefficient (Wildman–Crippen LogP) is 0.994. The van der Waals surface area contributed by atoms with Crippen molar-refractivity contribution in [3.8, 4) is 0 Å². The zero-order chi connectivity index (χ0) is 12.1. The first kappa shape index (κ1) is 13.3. The molecule has 2 aliphatic rings. The van der Waals surface area contributed by atoms with E-state index in [1.54, 1.807) is 0 Å². The van der Waals surface area contributed by atoms with Crippen molar-refractivity contribution in [3.63, 3.8) is 0 Å². The van der Waals surface area contributed by atoms with Gasteiger partial charge in [0.25, 0.3) is 0 Å². The molecule has 0 aromatic rings. The van der Waals surface area contributed by atoms with Crippen LogP contribution in [0.1, 0.15) is 32.1 Å². The van der Waals surface area contributed by atoms with E-state index < -0.39 is 0 Å². The number of hydrogen-bond acceptors (Lipinski definition) is 4. The first-order valence-corrected chi connectivity index (χ1v) is 6.93. The highest BCUT2D eigenvalue weighted by atomic mass is 16.5. The second-order valence-corrected chi connectivity index (χ2v) is 5.40. The van der Waals surface area contributed by atoms with Gasteiger partial charge in [0.15, 0.2) is 0 Å². The van der Waals surface area contributed by atoms with Crippen LogP contribution in [0.25, 0.3) is 0 Å². The van der Waals surface area contributed by atoms with E-state index in [4.69, 9.17) is 15.2 Å². The Bertz CT molecular complexity index is 219. The third-order valence-corrected chi connectivity index (χ3v) is 3.86. The Morgan fingerprint density at radius 1 is 1.35 bits per heavy atom. The van der Waals surface area contributed by atoms with Gasteiger partial charge in [0.05, 0.1) is 18.8 Å². The lowest BCUT2D eigenvalue weighted by Gasteiger charge is -2.33. The van der Waals surface area contributed by atoms with Crippen molar-refractivity contribution in [2.75, 3.05) is 33.4 Å². The number of hydrogen-bond donors (Lipinski definition) is 1. The first-order chi connectivity index (χ1) is 8.25. The number of morpholine rings is 1. The molecule has 3 atom stereocenters. The summed E-state index contributed by atoms with van der Waals surface area (Å²) in [5.74, 6) is 0. The second kappa shape index (κ2) is 6.69. The molecule has 2 heterocycles. The molecule has 2 fully saturated rings. The highest BCUT2D eigenvalue weighted by molar-refractivity contribution is 4.80. The van der Waals surface area contributed by atoms with Gasteiger partial charge in [0.2, 0.25) is 0 Å². The maximum atomic E-state index is 6.20. The van der Waals surface area contributed by atoms with Crippen molar-refractivity contribution in [2.24, 2.45) is 5.73 Å². The van der Waals surface area contributed by atoms with Crippen LogP contribution in [0.5, 0.6) is 0 Å². The molecule has 2 N–H and O–H groups in total. The van der Waals surface area contributed by atoms with Crippen LogP contribution >= 0.6 is 0 Å². The van der Waals surface area contributed by atoms with Crippen molar-refractivity contribution in [2.45, 2.75) is 50.4 Å². The first-order valence-electron chi connectivity index (χ1n) is 6.93. The molecule has 2 rings (SSSR count). The van der Waals surface area contributed by atoms with Gasteiger partial charge in [0, 0.05) is 25.7 Å². The maximum absolute atomic E-state index is 6.20. The van der Waals surface area contributed by atoms with Gasteiger partial charge in [-0.25, -0.2) is 0 Å². The lowest BCUT2D eigenvalue weighted by Crippen LogP contribution is -2.49. The molecule has 0 bridgehead atoms. The van der Waals surface area contributed by atoms with Crippen molar-refractivity contribution in [1.82, 2.24) is 4.90 Å². The summed E-state index contributed by atoms with van der Waals surface area (Å²) >= 11 is 0. The molecule has 4 nitrogen and oxygen atoms in total. The van der Waals surface area contributed by atoms with Crippen LogP contribution in [0.2, 0.25) is 0 Å². The Labute approximate surface area is 104 Å². The molecule has 0 amide bonds. The van der Waals surface area contributed by atoms with E-state index >= 15 is 0 Å². The van der Waals surface area contributed by atoms with Crippen LogP contribution in [0, 0.1) is 0 Å². The normalized spacial score (nSPS) is 32.8. The lowest BCUT2D eigenvalue weighted by atomic mass is 10.0. The number of rotatable bonds is 5. The third-order valence-electron chi connectivity index (χ3n) is 3.86. The van der Waals surface area contributed by atoms with Crippen molar-refractivity contribution >= 4 is 0 Å². The summed E-state index contributed by atoms with van der Waals surface area (Å²) in [5, 5.41) is 0. The molecule has 0 aliphatic carbocycles. The van der Waals surface area contributed by atoms with Gasteiger partial charge in [-0.3, -0.25) is 0 Å².